The van der Waals surface area contributed by atoms with Gasteiger partial charge in [-0.1, -0.05) is 68.4 Å². The maximum absolute atomic E-state index is 13.2. The van der Waals surface area contributed by atoms with Crippen molar-refractivity contribution in [3.05, 3.63) is 71.3 Å². The number of benzene rings is 2. The van der Waals surface area contributed by atoms with Crippen molar-refractivity contribution in [2.24, 2.45) is 0 Å². The number of hydrogen-bond acceptors (Lipinski definition) is 2. The normalized spacial score (nSPS) is 16.7. The molecule has 0 saturated carbocycles. The second-order valence-electron chi connectivity index (χ2n) is 7.91. The highest BCUT2D eigenvalue weighted by atomic mass is 16.2. The summed E-state index contributed by atoms with van der Waals surface area (Å²) in [4.78, 5) is 27.5. The van der Waals surface area contributed by atoms with Gasteiger partial charge in [0.2, 0.25) is 11.8 Å². The number of likely N-dealkylation sites (tertiary alicyclic amines) is 1. The molecule has 2 amide bonds. The molecular weight excluding hydrogens is 348 g/mol. The molecular formula is C24H30N2O2. The fourth-order valence-corrected chi connectivity index (χ4v) is 3.75. The van der Waals surface area contributed by atoms with Crippen molar-refractivity contribution in [1.29, 1.82) is 0 Å². The predicted molar refractivity (Wildman–Crippen MR) is 112 cm³/mol. The molecule has 0 aliphatic carbocycles. The molecule has 148 valence electrons. The molecule has 0 radical (unpaired) electrons. The third-order valence-electron chi connectivity index (χ3n) is 5.50. The van der Waals surface area contributed by atoms with Gasteiger partial charge in [0.1, 0.15) is 6.04 Å². The van der Waals surface area contributed by atoms with Crippen LogP contribution in [0.4, 0.5) is 0 Å². The number of nitrogens with one attached hydrogen (secondary N) is 1. The van der Waals surface area contributed by atoms with Crippen molar-refractivity contribution in [3.63, 3.8) is 0 Å². The predicted octanol–water partition coefficient (Wildman–Crippen LogP) is 4.74. The average Bonchev–Trinajstić information content (AvgIpc) is 2.70. The average molecular weight is 379 g/mol. The molecule has 2 unspecified atom stereocenters. The Kier molecular flexibility index (Phi) is 6.50. The number of amides is 2. The zero-order chi connectivity index (χ0) is 20.1. The summed E-state index contributed by atoms with van der Waals surface area (Å²) >= 11 is 0. The Bertz CT molecular complexity index is 799. The Balaban J connectivity index is 1.80. The fraction of sp³-hybridized carbons (Fsp3) is 0.417. The number of hydrogen-bond donors (Lipinski definition) is 1. The Hall–Kier alpha value is -2.62. The van der Waals surface area contributed by atoms with Gasteiger partial charge in [0.05, 0.1) is 6.04 Å². The standard InChI is InChI=1S/C24H30N2O2/c1-17(2)19-12-14-20(15-13-19)18(3)25-24(28)23(21-9-5-4-6-10-21)26-16-8-7-11-22(26)27/h4-6,9-10,12-15,17-18,23H,7-8,11,16H2,1-3H3,(H,25,28). The molecule has 3 rings (SSSR count). The van der Waals surface area contributed by atoms with Gasteiger partial charge in [-0.05, 0) is 42.4 Å². The molecule has 1 aliphatic heterocycles. The zero-order valence-electron chi connectivity index (χ0n) is 17.0. The first-order valence-corrected chi connectivity index (χ1v) is 10.2. The second-order valence-corrected chi connectivity index (χ2v) is 7.91. The first-order valence-electron chi connectivity index (χ1n) is 10.2. The topological polar surface area (TPSA) is 49.4 Å². The van der Waals surface area contributed by atoms with Crippen molar-refractivity contribution < 1.29 is 9.59 Å². The summed E-state index contributed by atoms with van der Waals surface area (Å²) in [6.45, 7) is 6.95. The van der Waals surface area contributed by atoms with Gasteiger partial charge >= 0.3 is 0 Å². The maximum Gasteiger partial charge on any atom is 0.247 e. The Morgan fingerprint density at radius 2 is 1.54 bits per heavy atom. The number of carbonyl (C=O) groups is 2. The van der Waals surface area contributed by atoms with Crippen LogP contribution >= 0.6 is 0 Å². The van der Waals surface area contributed by atoms with Crippen LogP contribution in [-0.2, 0) is 9.59 Å². The Labute approximate surface area is 167 Å². The first kappa shape index (κ1) is 20.1. The van der Waals surface area contributed by atoms with E-state index < -0.39 is 6.04 Å². The maximum atomic E-state index is 13.2. The number of rotatable bonds is 6. The summed E-state index contributed by atoms with van der Waals surface area (Å²) in [7, 11) is 0. The first-order chi connectivity index (χ1) is 13.5. The lowest BCUT2D eigenvalue weighted by atomic mass is 9.98. The van der Waals surface area contributed by atoms with E-state index in [4.69, 9.17) is 0 Å². The molecule has 2 aromatic rings. The largest absolute Gasteiger partial charge is 0.347 e. The summed E-state index contributed by atoms with van der Waals surface area (Å²) < 4.78 is 0. The molecule has 1 N–H and O–H groups in total. The Morgan fingerprint density at radius 3 is 2.14 bits per heavy atom. The molecule has 0 aromatic heterocycles. The molecule has 1 heterocycles. The third-order valence-corrected chi connectivity index (χ3v) is 5.50. The number of piperidine rings is 1. The van der Waals surface area contributed by atoms with Crippen molar-refractivity contribution in [2.75, 3.05) is 6.54 Å². The number of carbonyl (C=O) groups excluding carboxylic acids is 2. The highest BCUT2D eigenvalue weighted by Crippen LogP contribution is 2.27. The van der Waals surface area contributed by atoms with Crippen LogP contribution in [0.2, 0.25) is 0 Å². The van der Waals surface area contributed by atoms with Gasteiger partial charge in [-0.15, -0.1) is 0 Å². The van der Waals surface area contributed by atoms with Gasteiger partial charge in [-0.2, -0.15) is 0 Å². The van der Waals surface area contributed by atoms with E-state index in [0.717, 1.165) is 24.0 Å². The molecule has 2 atom stereocenters. The minimum absolute atomic E-state index is 0.0594. The molecule has 28 heavy (non-hydrogen) atoms. The molecule has 0 spiro atoms. The van der Waals surface area contributed by atoms with Gasteiger partial charge in [0.15, 0.2) is 0 Å². The third kappa shape index (κ3) is 4.61. The number of nitrogens with zero attached hydrogens (tertiary/aromatic N) is 1. The van der Waals surface area contributed by atoms with Gasteiger partial charge in [0.25, 0.3) is 0 Å². The van der Waals surface area contributed by atoms with E-state index in [2.05, 4.69) is 43.4 Å². The smallest absolute Gasteiger partial charge is 0.247 e. The van der Waals surface area contributed by atoms with Gasteiger partial charge < -0.3 is 10.2 Å². The SMILES string of the molecule is CC(C)c1ccc(C(C)NC(=O)C(c2ccccc2)N2CCCCC2=O)cc1. The van der Waals surface area contributed by atoms with E-state index in [-0.39, 0.29) is 17.9 Å². The molecule has 0 bridgehead atoms. The monoisotopic (exact) mass is 378 g/mol. The minimum Gasteiger partial charge on any atom is -0.347 e. The lowest BCUT2D eigenvalue weighted by molar-refractivity contribution is -0.143. The van der Waals surface area contributed by atoms with E-state index in [1.165, 1.54) is 5.56 Å². The summed E-state index contributed by atoms with van der Waals surface area (Å²) in [6, 6.07) is 17.3. The zero-order valence-corrected chi connectivity index (χ0v) is 17.0. The quantitative estimate of drug-likeness (QED) is 0.789. The lowest BCUT2D eigenvalue weighted by Crippen LogP contribution is -2.46. The highest BCUT2D eigenvalue weighted by Gasteiger charge is 2.33. The molecule has 1 fully saturated rings. The summed E-state index contributed by atoms with van der Waals surface area (Å²) in [5, 5.41) is 3.13. The van der Waals surface area contributed by atoms with Crippen molar-refractivity contribution in [1.82, 2.24) is 10.2 Å². The van der Waals surface area contributed by atoms with Crippen LogP contribution in [0.3, 0.4) is 0 Å². The van der Waals surface area contributed by atoms with E-state index in [9.17, 15) is 9.59 Å². The van der Waals surface area contributed by atoms with Crippen LogP contribution in [0.1, 0.15) is 74.7 Å². The van der Waals surface area contributed by atoms with Crippen molar-refractivity contribution in [2.45, 2.75) is 58.0 Å². The van der Waals surface area contributed by atoms with E-state index in [1.54, 1.807) is 4.90 Å². The second kappa shape index (κ2) is 9.05. The lowest BCUT2D eigenvalue weighted by Gasteiger charge is -2.34. The van der Waals surface area contributed by atoms with E-state index >= 15 is 0 Å². The van der Waals surface area contributed by atoms with Crippen molar-refractivity contribution in [3.8, 4) is 0 Å². The van der Waals surface area contributed by atoms with Crippen molar-refractivity contribution >= 4 is 11.8 Å². The fourth-order valence-electron chi connectivity index (χ4n) is 3.75. The summed E-state index contributed by atoms with van der Waals surface area (Å²) in [5.74, 6) is 0.414. The van der Waals surface area contributed by atoms with Crippen LogP contribution < -0.4 is 5.32 Å². The van der Waals surface area contributed by atoms with E-state index in [1.807, 2.05) is 37.3 Å². The Morgan fingerprint density at radius 1 is 0.893 bits per heavy atom. The highest BCUT2D eigenvalue weighted by molar-refractivity contribution is 5.89. The van der Waals surface area contributed by atoms with Crippen LogP contribution in [0, 0.1) is 0 Å². The molecule has 2 aromatic carbocycles. The summed E-state index contributed by atoms with van der Waals surface area (Å²) in [6.07, 6.45) is 2.36. The van der Waals surface area contributed by atoms with Gasteiger partial charge in [-0.3, -0.25) is 9.59 Å². The minimum atomic E-state index is -0.577. The summed E-state index contributed by atoms with van der Waals surface area (Å²) in [5.41, 5.74) is 3.20. The molecule has 4 heteroatoms. The van der Waals surface area contributed by atoms with Crippen LogP contribution in [0.15, 0.2) is 54.6 Å². The molecule has 1 saturated heterocycles. The van der Waals surface area contributed by atoms with Crippen LogP contribution in [0.5, 0.6) is 0 Å². The van der Waals surface area contributed by atoms with E-state index in [0.29, 0.717) is 18.9 Å². The van der Waals surface area contributed by atoms with Crippen LogP contribution in [0.25, 0.3) is 0 Å². The molecule has 1 aliphatic rings. The molecule has 4 nitrogen and oxygen atoms in total. The van der Waals surface area contributed by atoms with Gasteiger partial charge in [-0.25, -0.2) is 0 Å². The van der Waals surface area contributed by atoms with Gasteiger partial charge in [0, 0.05) is 13.0 Å². The van der Waals surface area contributed by atoms with Crippen LogP contribution in [-0.4, -0.2) is 23.3 Å².